The van der Waals surface area contributed by atoms with Crippen LogP contribution in [0.3, 0.4) is 0 Å². The van der Waals surface area contributed by atoms with E-state index in [1.807, 2.05) is 24.3 Å². The molecule has 9 nitrogen and oxygen atoms in total. The van der Waals surface area contributed by atoms with Gasteiger partial charge in [-0.25, -0.2) is 9.59 Å². The van der Waals surface area contributed by atoms with Crippen molar-refractivity contribution in [1.82, 2.24) is 5.32 Å². The third-order valence-corrected chi connectivity index (χ3v) is 7.60. The monoisotopic (exact) mass is 621 g/mol. The van der Waals surface area contributed by atoms with Crippen LogP contribution >= 0.6 is 0 Å². The van der Waals surface area contributed by atoms with Crippen LogP contribution < -0.4 is 14.8 Å². The van der Waals surface area contributed by atoms with Crippen molar-refractivity contribution in [1.29, 1.82) is 0 Å². The van der Waals surface area contributed by atoms with Gasteiger partial charge in [-0.2, -0.15) is 0 Å². The summed E-state index contributed by atoms with van der Waals surface area (Å²) in [4.78, 5) is 33.8. The number of rotatable bonds is 15. The summed E-state index contributed by atoms with van der Waals surface area (Å²) in [5.74, 6) is 0.804. The summed E-state index contributed by atoms with van der Waals surface area (Å²) in [6.07, 6.45) is -0.628. The fourth-order valence-electron chi connectivity index (χ4n) is 5.65. The minimum absolute atomic E-state index is 0.0237. The molecule has 0 fully saturated rings. The molecule has 0 aliphatic heterocycles. The van der Waals surface area contributed by atoms with Gasteiger partial charge in [0, 0.05) is 5.57 Å². The number of carbonyl (C=O) groups excluding carboxylic acids is 3. The highest BCUT2D eigenvalue weighted by Crippen LogP contribution is 2.56. The van der Waals surface area contributed by atoms with Crippen LogP contribution in [-0.2, 0) is 29.2 Å². The Labute approximate surface area is 267 Å². The smallest absolute Gasteiger partial charge is 0.407 e. The number of benzene rings is 4. The first-order valence-corrected chi connectivity index (χ1v) is 14.9. The van der Waals surface area contributed by atoms with Gasteiger partial charge in [-0.15, -0.1) is 0 Å². The molecule has 0 unspecified atom stereocenters. The number of hydrogen-bond acceptors (Lipinski definition) is 8. The number of esters is 1. The van der Waals surface area contributed by atoms with E-state index in [1.54, 1.807) is 6.92 Å². The highest BCUT2D eigenvalue weighted by Gasteiger charge is 2.45. The van der Waals surface area contributed by atoms with E-state index in [0.29, 0.717) is 23.5 Å². The highest BCUT2D eigenvalue weighted by molar-refractivity contribution is 5.87. The predicted molar refractivity (Wildman–Crippen MR) is 172 cm³/mol. The average molecular weight is 622 g/mol. The zero-order valence-electron chi connectivity index (χ0n) is 25.5. The molecule has 236 valence electrons. The van der Waals surface area contributed by atoms with E-state index in [1.165, 1.54) is 22.3 Å². The fourth-order valence-corrected chi connectivity index (χ4v) is 5.65. The lowest BCUT2D eigenvalue weighted by Gasteiger charge is -2.34. The maximum atomic E-state index is 11.9. The second kappa shape index (κ2) is 14.9. The Morgan fingerprint density at radius 3 is 1.74 bits per heavy atom. The first-order valence-electron chi connectivity index (χ1n) is 14.9. The van der Waals surface area contributed by atoms with Gasteiger partial charge < -0.3 is 29.0 Å². The van der Waals surface area contributed by atoms with Gasteiger partial charge in [0.2, 0.25) is 0 Å². The minimum atomic E-state index is -0.628. The Balaban J connectivity index is 1.30. The van der Waals surface area contributed by atoms with Crippen LogP contribution in [0.15, 0.2) is 109 Å². The highest BCUT2D eigenvalue weighted by atomic mass is 16.6. The van der Waals surface area contributed by atoms with Crippen molar-refractivity contribution >= 4 is 18.5 Å². The van der Waals surface area contributed by atoms with Crippen LogP contribution in [0, 0.1) is 0 Å². The van der Waals surface area contributed by atoms with E-state index >= 15 is 0 Å². The number of ether oxygens (including phenoxy) is 5. The summed E-state index contributed by atoms with van der Waals surface area (Å²) in [5, 5.41) is 2.52. The predicted octanol–water partition coefficient (Wildman–Crippen LogP) is 5.83. The van der Waals surface area contributed by atoms with Crippen LogP contribution in [-0.4, -0.2) is 58.1 Å². The molecule has 9 heteroatoms. The lowest BCUT2D eigenvalue weighted by Crippen LogP contribution is -2.29. The molecule has 1 aliphatic carbocycles. The van der Waals surface area contributed by atoms with Crippen LogP contribution in [0.25, 0.3) is 11.1 Å². The SMILES string of the molecule is C=C(C)C(=O)OCCNC(=O)OCCOc1ccc(C2(c3ccc(OCCOC=O)cc3)c3ccccc3-c3ccccc32)cc1. The molecule has 0 saturated carbocycles. The average Bonchev–Trinajstić information content (AvgIpc) is 3.38. The van der Waals surface area contributed by atoms with Gasteiger partial charge in [-0.1, -0.05) is 79.4 Å². The molecule has 4 aromatic carbocycles. The van der Waals surface area contributed by atoms with Gasteiger partial charge >= 0.3 is 12.1 Å². The number of carbonyl (C=O) groups is 3. The van der Waals surface area contributed by atoms with E-state index in [2.05, 4.69) is 84.7 Å². The molecule has 0 aromatic heterocycles. The van der Waals surface area contributed by atoms with E-state index in [0.717, 1.165) is 11.1 Å². The normalized spacial score (nSPS) is 12.2. The second-order valence-electron chi connectivity index (χ2n) is 10.5. The van der Waals surface area contributed by atoms with E-state index < -0.39 is 17.5 Å². The third-order valence-electron chi connectivity index (χ3n) is 7.60. The van der Waals surface area contributed by atoms with Crippen molar-refractivity contribution in [3.63, 3.8) is 0 Å². The maximum absolute atomic E-state index is 11.9. The lowest BCUT2D eigenvalue weighted by atomic mass is 9.68. The summed E-state index contributed by atoms with van der Waals surface area (Å²) in [5.41, 5.74) is 6.53. The first-order chi connectivity index (χ1) is 22.4. The Kier molecular flexibility index (Phi) is 10.3. The topological polar surface area (TPSA) is 109 Å². The van der Waals surface area contributed by atoms with Crippen LogP contribution in [0.1, 0.15) is 29.2 Å². The van der Waals surface area contributed by atoms with Crippen molar-refractivity contribution in [3.05, 3.63) is 131 Å². The molecule has 46 heavy (non-hydrogen) atoms. The number of alkyl carbamates (subject to hydrolysis) is 1. The summed E-state index contributed by atoms with van der Waals surface area (Å²) >= 11 is 0. The molecule has 0 spiro atoms. The van der Waals surface area contributed by atoms with Crippen molar-refractivity contribution < 1.29 is 38.1 Å². The first kappa shape index (κ1) is 31.8. The fraction of sp³-hybridized carbons (Fsp3) is 0.216. The van der Waals surface area contributed by atoms with Crippen molar-refractivity contribution in [2.24, 2.45) is 0 Å². The molecule has 1 aliphatic rings. The van der Waals surface area contributed by atoms with E-state index in [9.17, 15) is 14.4 Å². The van der Waals surface area contributed by atoms with Gasteiger partial charge in [0.1, 0.15) is 44.5 Å². The molecule has 0 atom stereocenters. The molecule has 1 amide bonds. The molecule has 0 bridgehead atoms. The van der Waals surface area contributed by atoms with E-state index in [4.69, 9.17) is 23.7 Å². The molecule has 1 N–H and O–H groups in total. The number of hydrogen-bond donors (Lipinski definition) is 1. The van der Waals surface area contributed by atoms with Gasteiger partial charge in [0.15, 0.2) is 0 Å². The van der Waals surface area contributed by atoms with Crippen molar-refractivity contribution in [3.8, 4) is 22.6 Å². The number of nitrogens with one attached hydrogen (secondary N) is 1. The zero-order chi connectivity index (χ0) is 32.4. The Hall–Kier alpha value is -5.57. The van der Waals surface area contributed by atoms with Crippen LogP contribution in [0.2, 0.25) is 0 Å². The van der Waals surface area contributed by atoms with Crippen LogP contribution in [0.4, 0.5) is 4.79 Å². The molecular formula is C37H35NO8. The zero-order valence-corrected chi connectivity index (χ0v) is 25.5. The van der Waals surface area contributed by atoms with Crippen molar-refractivity contribution in [2.75, 3.05) is 39.6 Å². The van der Waals surface area contributed by atoms with Gasteiger partial charge in [0.05, 0.1) is 12.0 Å². The molecular weight excluding hydrogens is 586 g/mol. The summed E-state index contributed by atoms with van der Waals surface area (Å²) in [6.45, 7) is 6.26. The second-order valence-corrected chi connectivity index (χ2v) is 10.5. The summed E-state index contributed by atoms with van der Waals surface area (Å²) < 4.78 is 26.5. The van der Waals surface area contributed by atoms with Crippen molar-refractivity contribution in [2.45, 2.75) is 12.3 Å². The van der Waals surface area contributed by atoms with Gasteiger partial charge in [-0.3, -0.25) is 4.79 Å². The maximum Gasteiger partial charge on any atom is 0.407 e. The van der Waals surface area contributed by atoms with Crippen LogP contribution in [0.5, 0.6) is 11.5 Å². The number of amides is 1. The summed E-state index contributed by atoms with van der Waals surface area (Å²) in [7, 11) is 0. The minimum Gasteiger partial charge on any atom is -0.490 e. The Morgan fingerprint density at radius 2 is 1.22 bits per heavy atom. The Bertz CT molecular complexity index is 1640. The van der Waals surface area contributed by atoms with Gasteiger partial charge in [0.25, 0.3) is 6.47 Å². The van der Waals surface area contributed by atoms with E-state index in [-0.39, 0.29) is 39.6 Å². The largest absolute Gasteiger partial charge is 0.490 e. The summed E-state index contributed by atoms with van der Waals surface area (Å²) in [6, 6.07) is 32.9. The quantitative estimate of drug-likeness (QED) is 0.0512. The number of fused-ring (bicyclic) bond motifs is 3. The molecule has 4 aromatic rings. The molecule has 0 heterocycles. The third kappa shape index (κ3) is 6.89. The lowest BCUT2D eigenvalue weighted by molar-refractivity contribution is -0.138. The standard InChI is InChI=1S/C37H35NO8/c1-26(2)35(40)45-20-19-38-36(41)46-24-23-44-30-17-13-28(14-18-30)37(27-11-15-29(16-12-27)43-22-21-42-25-39)33-9-5-3-7-31(33)32-8-4-6-10-34(32)37/h3-18,25H,1,19-24H2,2H3,(H,38,41). The molecule has 0 radical (unpaired) electrons. The molecule has 5 rings (SSSR count). The Morgan fingerprint density at radius 1 is 0.696 bits per heavy atom. The van der Waals surface area contributed by atoms with Gasteiger partial charge in [-0.05, 0) is 64.6 Å². The molecule has 0 saturated heterocycles.